The highest BCUT2D eigenvalue weighted by Gasteiger charge is 2.20. The Labute approximate surface area is 235 Å². The van der Waals surface area contributed by atoms with Gasteiger partial charge >= 0.3 is 0 Å². The average Bonchev–Trinajstić information content (AvgIpc) is 3.53. The van der Waals surface area contributed by atoms with Gasteiger partial charge in [-0.25, -0.2) is 0 Å². The number of benzene rings is 6. The lowest BCUT2D eigenvalue weighted by Crippen LogP contribution is -2.03. The SMILES string of the molecule is c1ccc2c(c1)oc1ccc(-c3ccc4c(c3)OCOc3ccc(-c5cccc6c5oc5ccccc56)cc3-4)cc12. The molecule has 0 aliphatic carbocycles. The first-order chi connectivity index (χ1) is 20.3. The van der Waals surface area contributed by atoms with E-state index in [1.165, 1.54) is 0 Å². The second-order valence-electron chi connectivity index (χ2n) is 10.4. The van der Waals surface area contributed by atoms with Crippen molar-refractivity contribution in [3.63, 3.8) is 0 Å². The maximum absolute atomic E-state index is 6.33. The van der Waals surface area contributed by atoms with Crippen LogP contribution in [0.3, 0.4) is 0 Å². The molecule has 0 radical (unpaired) electrons. The van der Waals surface area contributed by atoms with Crippen molar-refractivity contribution >= 4 is 43.9 Å². The van der Waals surface area contributed by atoms with Gasteiger partial charge in [0.2, 0.25) is 6.79 Å². The van der Waals surface area contributed by atoms with Crippen molar-refractivity contribution < 1.29 is 18.3 Å². The number of ether oxygens (including phenoxy) is 2. The Balaban J connectivity index is 1.17. The van der Waals surface area contributed by atoms with E-state index in [9.17, 15) is 0 Å². The minimum Gasteiger partial charge on any atom is -0.457 e. The molecule has 41 heavy (non-hydrogen) atoms. The topological polar surface area (TPSA) is 44.7 Å². The summed E-state index contributed by atoms with van der Waals surface area (Å²) in [4.78, 5) is 0. The minimum absolute atomic E-state index is 0.146. The highest BCUT2D eigenvalue weighted by atomic mass is 16.7. The third-order valence-electron chi connectivity index (χ3n) is 8.11. The molecular weight excluding hydrogens is 508 g/mol. The smallest absolute Gasteiger partial charge is 0.230 e. The molecular formula is C37H22O4. The predicted octanol–water partition coefficient (Wildman–Crippen LogP) is 10.2. The van der Waals surface area contributed by atoms with Crippen molar-refractivity contribution in [2.24, 2.45) is 0 Å². The molecule has 0 saturated carbocycles. The van der Waals surface area contributed by atoms with Gasteiger partial charge in [-0.05, 0) is 65.2 Å². The van der Waals surface area contributed by atoms with Gasteiger partial charge in [0.1, 0.15) is 33.8 Å². The van der Waals surface area contributed by atoms with Gasteiger partial charge in [-0.3, -0.25) is 0 Å². The molecule has 0 N–H and O–H groups in total. The van der Waals surface area contributed by atoms with Crippen LogP contribution >= 0.6 is 0 Å². The monoisotopic (exact) mass is 530 g/mol. The molecule has 0 fully saturated rings. The van der Waals surface area contributed by atoms with Gasteiger partial charge in [-0.15, -0.1) is 0 Å². The average molecular weight is 531 g/mol. The third-order valence-corrected chi connectivity index (χ3v) is 8.11. The lowest BCUT2D eigenvalue weighted by molar-refractivity contribution is 0.125. The number of rotatable bonds is 2. The molecule has 0 amide bonds. The Morgan fingerprint density at radius 2 is 1.07 bits per heavy atom. The second kappa shape index (κ2) is 8.51. The number of furan rings is 2. The molecule has 9 rings (SSSR count). The third kappa shape index (κ3) is 3.41. The Morgan fingerprint density at radius 3 is 1.98 bits per heavy atom. The summed E-state index contributed by atoms with van der Waals surface area (Å²) in [7, 11) is 0. The molecule has 0 spiro atoms. The van der Waals surface area contributed by atoms with Gasteiger partial charge in [-0.2, -0.15) is 0 Å². The van der Waals surface area contributed by atoms with Crippen LogP contribution in [0, 0.1) is 0 Å². The van der Waals surface area contributed by atoms with Crippen molar-refractivity contribution in [2.75, 3.05) is 6.79 Å². The fourth-order valence-corrected chi connectivity index (χ4v) is 6.11. The summed E-state index contributed by atoms with van der Waals surface area (Å²) in [6.45, 7) is 0.146. The first kappa shape index (κ1) is 22.3. The van der Waals surface area contributed by atoms with E-state index in [1.54, 1.807) is 0 Å². The molecule has 4 heteroatoms. The molecule has 0 saturated heterocycles. The van der Waals surface area contributed by atoms with E-state index < -0.39 is 0 Å². The molecule has 194 valence electrons. The van der Waals surface area contributed by atoms with Gasteiger partial charge in [-0.1, -0.05) is 72.8 Å². The molecule has 1 aliphatic heterocycles. The van der Waals surface area contributed by atoms with Crippen LogP contribution < -0.4 is 9.47 Å². The van der Waals surface area contributed by atoms with Crippen molar-refractivity contribution in [2.45, 2.75) is 0 Å². The van der Waals surface area contributed by atoms with Crippen LogP contribution in [-0.2, 0) is 0 Å². The summed E-state index contributed by atoms with van der Waals surface area (Å²) in [6, 6.07) is 41.6. The maximum atomic E-state index is 6.33. The molecule has 6 aromatic carbocycles. The number of hydrogen-bond acceptors (Lipinski definition) is 4. The molecule has 0 atom stereocenters. The summed E-state index contributed by atoms with van der Waals surface area (Å²) >= 11 is 0. The molecule has 0 unspecified atom stereocenters. The van der Waals surface area contributed by atoms with Crippen LogP contribution in [-0.4, -0.2) is 6.79 Å². The van der Waals surface area contributed by atoms with E-state index >= 15 is 0 Å². The van der Waals surface area contributed by atoms with Crippen LogP contribution in [0.25, 0.3) is 77.3 Å². The van der Waals surface area contributed by atoms with Gasteiger partial charge in [0, 0.05) is 38.2 Å². The van der Waals surface area contributed by atoms with Crippen molar-refractivity contribution in [1.29, 1.82) is 0 Å². The standard InChI is InChI=1S/C37H22O4/c1-4-11-34-26(6-1)29-9-5-8-25(37(29)41-34)24-14-16-32-30(19-24)28-15-12-23(20-36(28)39-21-38-32)22-13-17-35-31(18-22)27-7-2-3-10-33(27)40-35/h1-20H,21H2. The zero-order chi connectivity index (χ0) is 26.9. The molecule has 1 aliphatic rings. The first-order valence-electron chi connectivity index (χ1n) is 13.7. The highest BCUT2D eigenvalue weighted by Crippen LogP contribution is 2.44. The summed E-state index contributed by atoms with van der Waals surface area (Å²) in [6.07, 6.45) is 0. The summed E-state index contributed by atoms with van der Waals surface area (Å²) < 4.78 is 24.5. The van der Waals surface area contributed by atoms with Crippen LogP contribution in [0.1, 0.15) is 0 Å². The zero-order valence-electron chi connectivity index (χ0n) is 21.9. The van der Waals surface area contributed by atoms with Crippen LogP contribution in [0.15, 0.2) is 130 Å². The minimum atomic E-state index is 0.146. The summed E-state index contributed by atoms with van der Waals surface area (Å²) in [5.74, 6) is 1.58. The van der Waals surface area contributed by atoms with Gasteiger partial charge < -0.3 is 18.3 Å². The summed E-state index contributed by atoms with van der Waals surface area (Å²) in [5.41, 5.74) is 9.83. The normalized spacial score (nSPS) is 12.7. The van der Waals surface area contributed by atoms with Crippen molar-refractivity contribution in [3.8, 4) is 44.9 Å². The van der Waals surface area contributed by atoms with Crippen molar-refractivity contribution in [3.05, 3.63) is 121 Å². The van der Waals surface area contributed by atoms with Gasteiger partial charge in [0.15, 0.2) is 0 Å². The zero-order valence-corrected chi connectivity index (χ0v) is 21.9. The van der Waals surface area contributed by atoms with E-state index in [0.717, 1.165) is 88.8 Å². The predicted molar refractivity (Wildman–Crippen MR) is 163 cm³/mol. The Bertz CT molecular complexity index is 2300. The fourth-order valence-electron chi connectivity index (χ4n) is 6.11. The number of fused-ring (bicyclic) bond motifs is 9. The lowest BCUT2D eigenvalue weighted by atomic mass is 9.94. The number of para-hydroxylation sites is 3. The molecule has 0 bridgehead atoms. The van der Waals surface area contributed by atoms with Crippen LogP contribution in [0.2, 0.25) is 0 Å². The lowest BCUT2D eigenvalue weighted by Gasteiger charge is -2.11. The van der Waals surface area contributed by atoms with E-state index in [0.29, 0.717) is 0 Å². The quantitative estimate of drug-likeness (QED) is 0.223. The Kier molecular flexibility index (Phi) is 4.64. The largest absolute Gasteiger partial charge is 0.457 e. The highest BCUT2D eigenvalue weighted by molar-refractivity contribution is 6.10. The second-order valence-corrected chi connectivity index (χ2v) is 10.4. The molecule has 4 nitrogen and oxygen atoms in total. The molecule has 3 heterocycles. The van der Waals surface area contributed by atoms with E-state index in [4.69, 9.17) is 18.3 Å². The van der Waals surface area contributed by atoms with Gasteiger partial charge in [0.05, 0.1) is 0 Å². The molecule has 8 aromatic rings. The van der Waals surface area contributed by atoms with E-state index in [2.05, 4.69) is 72.8 Å². The van der Waals surface area contributed by atoms with E-state index in [-0.39, 0.29) is 6.79 Å². The van der Waals surface area contributed by atoms with Crippen molar-refractivity contribution in [1.82, 2.24) is 0 Å². The van der Waals surface area contributed by atoms with Crippen LogP contribution in [0.4, 0.5) is 0 Å². The maximum Gasteiger partial charge on any atom is 0.230 e. The number of hydrogen-bond donors (Lipinski definition) is 0. The van der Waals surface area contributed by atoms with Crippen LogP contribution in [0.5, 0.6) is 11.5 Å². The summed E-state index contributed by atoms with van der Waals surface area (Å²) in [5, 5.41) is 4.45. The Hall–Kier alpha value is -5.48. The van der Waals surface area contributed by atoms with Gasteiger partial charge in [0.25, 0.3) is 0 Å². The molecule has 2 aromatic heterocycles. The Morgan fingerprint density at radius 1 is 0.390 bits per heavy atom. The fraction of sp³-hybridized carbons (Fsp3) is 0.0270. The van der Waals surface area contributed by atoms with E-state index in [1.807, 2.05) is 48.5 Å². The first-order valence-corrected chi connectivity index (χ1v) is 13.7.